The van der Waals surface area contributed by atoms with Crippen molar-refractivity contribution in [3.8, 4) is 10.6 Å². The van der Waals surface area contributed by atoms with Crippen LogP contribution in [0, 0.1) is 17.5 Å². The molecule has 0 aliphatic rings. The quantitative estimate of drug-likeness (QED) is 0.832. The van der Waals surface area contributed by atoms with Crippen molar-refractivity contribution in [3.05, 3.63) is 34.6 Å². The Labute approximate surface area is 117 Å². The fourth-order valence-corrected chi connectivity index (χ4v) is 2.40. The number of methoxy groups -OCH3 is 1. The maximum absolute atomic E-state index is 13.6. The zero-order valence-electron chi connectivity index (χ0n) is 10.6. The van der Waals surface area contributed by atoms with Crippen LogP contribution in [0.3, 0.4) is 0 Å². The highest BCUT2D eigenvalue weighted by Crippen LogP contribution is 2.29. The minimum absolute atomic E-state index is 0.0866. The number of halogens is 3. The van der Waals surface area contributed by atoms with Crippen LogP contribution in [0.4, 0.5) is 13.2 Å². The lowest BCUT2D eigenvalue weighted by Gasteiger charge is -2.01. The molecule has 0 atom stereocenters. The van der Waals surface area contributed by atoms with E-state index < -0.39 is 17.5 Å². The lowest BCUT2D eigenvalue weighted by atomic mass is 10.2. The van der Waals surface area contributed by atoms with Gasteiger partial charge in [0.25, 0.3) is 0 Å². The third kappa shape index (κ3) is 3.53. The molecular formula is C12H12F3N3OS. The summed E-state index contributed by atoms with van der Waals surface area (Å²) in [6, 6.07) is 1.24. The number of nitrogens with one attached hydrogen (secondary N) is 1. The van der Waals surface area contributed by atoms with Crippen LogP contribution in [0.5, 0.6) is 0 Å². The molecule has 1 heterocycles. The van der Waals surface area contributed by atoms with Crippen molar-refractivity contribution in [2.24, 2.45) is 0 Å². The van der Waals surface area contributed by atoms with Crippen LogP contribution in [-0.4, -0.2) is 30.5 Å². The molecule has 0 spiro atoms. The molecule has 2 aromatic rings. The second-order valence-corrected chi connectivity index (χ2v) is 4.98. The third-order valence-electron chi connectivity index (χ3n) is 2.45. The standard InChI is InChI=1S/C12H12F3N3OS/c1-19-3-2-16-6-10-17-18-12(20-10)11-8(14)4-7(13)5-9(11)15/h4-5,16H,2-3,6H2,1H3. The van der Waals surface area contributed by atoms with Gasteiger partial charge in [0, 0.05) is 32.3 Å². The lowest BCUT2D eigenvalue weighted by molar-refractivity contribution is 0.199. The van der Waals surface area contributed by atoms with Gasteiger partial charge >= 0.3 is 0 Å². The highest BCUT2D eigenvalue weighted by Gasteiger charge is 2.17. The molecule has 0 bridgehead atoms. The normalized spacial score (nSPS) is 11.0. The summed E-state index contributed by atoms with van der Waals surface area (Å²) in [6.07, 6.45) is 0. The molecule has 8 heteroatoms. The van der Waals surface area contributed by atoms with Gasteiger partial charge in [-0.15, -0.1) is 10.2 Å². The zero-order chi connectivity index (χ0) is 14.5. The predicted molar refractivity (Wildman–Crippen MR) is 68.8 cm³/mol. The van der Waals surface area contributed by atoms with Gasteiger partial charge in [-0.1, -0.05) is 11.3 Å². The molecule has 4 nitrogen and oxygen atoms in total. The van der Waals surface area contributed by atoms with E-state index in [1.165, 1.54) is 0 Å². The molecule has 0 aliphatic carbocycles. The van der Waals surface area contributed by atoms with Crippen molar-refractivity contribution in [1.29, 1.82) is 0 Å². The molecular weight excluding hydrogens is 291 g/mol. The Morgan fingerprint density at radius 3 is 2.55 bits per heavy atom. The Morgan fingerprint density at radius 2 is 1.90 bits per heavy atom. The van der Waals surface area contributed by atoms with E-state index in [1.54, 1.807) is 7.11 Å². The molecule has 0 aliphatic heterocycles. The van der Waals surface area contributed by atoms with Crippen LogP contribution in [0.2, 0.25) is 0 Å². The van der Waals surface area contributed by atoms with Crippen molar-refractivity contribution in [2.75, 3.05) is 20.3 Å². The number of ether oxygens (including phenoxy) is 1. The van der Waals surface area contributed by atoms with Crippen LogP contribution in [0.1, 0.15) is 5.01 Å². The number of benzene rings is 1. The summed E-state index contributed by atoms with van der Waals surface area (Å²) < 4.78 is 44.9. The average molecular weight is 303 g/mol. The van der Waals surface area contributed by atoms with Crippen LogP contribution in [0.25, 0.3) is 10.6 Å². The van der Waals surface area contributed by atoms with Crippen molar-refractivity contribution >= 4 is 11.3 Å². The topological polar surface area (TPSA) is 47.0 Å². The van der Waals surface area contributed by atoms with E-state index in [0.29, 0.717) is 36.8 Å². The Hall–Kier alpha value is -1.51. The van der Waals surface area contributed by atoms with Gasteiger partial charge in [0.2, 0.25) is 0 Å². The monoisotopic (exact) mass is 303 g/mol. The second-order valence-electron chi connectivity index (χ2n) is 3.91. The fraction of sp³-hybridized carbons (Fsp3) is 0.333. The van der Waals surface area contributed by atoms with Crippen molar-refractivity contribution in [2.45, 2.75) is 6.54 Å². The molecule has 20 heavy (non-hydrogen) atoms. The van der Waals surface area contributed by atoms with E-state index >= 15 is 0 Å². The second kappa shape index (κ2) is 6.78. The van der Waals surface area contributed by atoms with Gasteiger partial charge in [-0.25, -0.2) is 13.2 Å². The first-order valence-corrected chi connectivity index (χ1v) is 6.60. The van der Waals surface area contributed by atoms with Gasteiger partial charge in [-0.2, -0.15) is 0 Å². The van der Waals surface area contributed by atoms with E-state index in [-0.39, 0.29) is 10.6 Å². The largest absolute Gasteiger partial charge is 0.383 e. The summed E-state index contributed by atoms with van der Waals surface area (Å²) in [5.74, 6) is -2.94. The summed E-state index contributed by atoms with van der Waals surface area (Å²) in [6.45, 7) is 1.60. The van der Waals surface area contributed by atoms with Crippen LogP contribution in [-0.2, 0) is 11.3 Å². The molecule has 1 aromatic carbocycles. The first-order chi connectivity index (χ1) is 9.61. The van der Waals surface area contributed by atoms with Gasteiger partial charge in [-0.3, -0.25) is 0 Å². The molecule has 2 rings (SSSR count). The summed E-state index contributed by atoms with van der Waals surface area (Å²) >= 11 is 1.05. The van der Waals surface area contributed by atoms with E-state index in [0.717, 1.165) is 11.3 Å². The van der Waals surface area contributed by atoms with E-state index in [1.807, 2.05) is 0 Å². The average Bonchev–Trinajstić information content (AvgIpc) is 2.82. The number of hydrogen-bond donors (Lipinski definition) is 1. The molecule has 0 fully saturated rings. The van der Waals surface area contributed by atoms with Crippen molar-refractivity contribution < 1.29 is 17.9 Å². The SMILES string of the molecule is COCCNCc1nnc(-c2c(F)cc(F)cc2F)s1. The number of hydrogen-bond acceptors (Lipinski definition) is 5. The molecule has 0 saturated heterocycles. The fourth-order valence-electron chi connectivity index (χ4n) is 1.54. The summed E-state index contributed by atoms with van der Waals surface area (Å²) in [5.41, 5.74) is -0.355. The summed E-state index contributed by atoms with van der Waals surface area (Å²) in [5, 5.41) is 11.3. The Kier molecular flexibility index (Phi) is 5.05. The lowest BCUT2D eigenvalue weighted by Crippen LogP contribution is -2.18. The summed E-state index contributed by atoms with van der Waals surface area (Å²) in [4.78, 5) is 0. The third-order valence-corrected chi connectivity index (χ3v) is 3.39. The Morgan fingerprint density at radius 1 is 1.20 bits per heavy atom. The highest BCUT2D eigenvalue weighted by molar-refractivity contribution is 7.14. The van der Waals surface area contributed by atoms with E-state index in [2.05, 4.69) is 15.5 Å². The number of aromatic nitrogens is 2. The minimum atomic E-state index is -0.988. The molecule has 0 radical (unpaired) electrons. The highest BCUT2D eigenvalue weighted by atomic mass is 32.1. The molecule has 1 N–H and O–H groups in total. The molecule has 108 valence electrons. The van der Waals surface area contributed by atoms with Crippen LogP contribution < -0.4 is 5.32 Å². The summed E-state index contributed by atoms with van der Waals surface area (Å²) in [7, 11) is 1.59. The van der Waals surface area contributed by atoms with Gasteiger partial charge < -0.3 is 10.1 Å². The maximum Gasteiger partial charge on any atom is 0.153 e. The van der Waals surface area contributed by atoms with E-state index in [9.17, 15) is 13.2 Å². The van der Waals surface area contributed by atoms with Crippen LogP contribution >= 0.6 is 11.3 Å². The molecule has 1 aromatic heterocycles. The van der Waals surface area contributed by atoms with Gasteiger partial charge in [0.1, 0.15) is 22.5 Å². The predicted octanol–water partition coefficient (Wildman–Crippen LogP) is 2.36. The number of rotatable bonds is 6. The van der Waals surface area contributed by atoms with Gasteiger partial charge in [0.15, 0.2) is 5.01 Å². The van der Waals surface area contributed by atoms with Crippen LogP contribution in [0.15, 0.2) is 12.1 Å². The minimum Gasteiger partial charge on any atom is -0.383 e. The first kappa shape index (κ1) is 14.9. The maximum atomic E-state index is 13.6. The van der Waals surface area contributed by atoms with Gasteiger partial charge in [0.05, 0.1) is 12.2 Å². The molecule has 0 saturated carbocycles. The van der Waals surface area contributed by atoms with Crippen molar-refractivity contribution in [3.63, 3.8) is 0 Å². The van der Waals surface area contributed by atoms with E-state index in [4.69, 9.17) is 4.74 Å². The molecule has 0 unspecified atom stereocenters. The zero-order valence-corrected chi connectivity index (χ0v) is 11.4. The van der Waals surface area contributed by atoms with Gasteiger partial charge in [-0.05, 0) is 0 Å². The Bertz CT molecular complexity index is 568. The first-order valence-electron chi connectivity index (χ1n) is 5.78. The smallest absolute Gasteiger partial charge is 0.153 e. The van der Waals surface area contributed by atoms with Crippen molar-refractivity contribution in [1.82, 2.24) is 15.5 Å². The number of nitrogens with zero attached hydrogens (tertiary/aromatic N) is 2. The molecule has 0 amide bonds. The Balaban J connectivity index is 2.13.